The number of fused-ring (bicyclic) bond motifs is 1. The molecule has 0 radical (unpaired) electrons. The van der Waals surface area contributed by atoms with Crippen molar-refractivity contribution in [2.45, 2.75) is 0 Å². The standard InChI is InChI=1S/C17H15FN2OS/c18-13(8-9-19)11-21-14-6-7-16-15(10-14)20-17(22-16)12-4-2-1-3-5-12/h1-8,10H,9,11,19H2/b13-8-. The second-order valence-corrected chi connectivity index (χ2v) is 5.72. The van der Waals surface area contributed by atoms with Crippen molar-refractivity contribution in [2.24, 2.45) is 5.73 Å². The van der Waals surface area contributed by atoms with Crippen molar-refractivity contribution in [3.63, 3.8) is 0 Å². The average Bonchev–Trinajstić information content (AvgIpc) is 2.97. The first kappa shape index (κ1) is 14.7. The molecule has 0 aliphatic heterocycles. The Morgan fingerprint density at radius 1 is 1.23 bits per heavy atom. The summed E-state index contributed by atoms with van der Waals surface area (Å²) in [6, 6.07) is 15.6. The first-order chi connectivity index (χ1) is 10.8. The Morgan fingerprint density at radius 3 is 2.82 bits per heavy atom. The van der Waals surface area contributed by atoms with Crippen molar-refractivity contribution in [2.75, 3.05) is 13.2 Å². The van der Waals surface area contributed by atoms with Crippen LogP contribution in [0.25, 0.3) is 20.8 Å². The van der Waals surface area contributed by atoms with Gasteiger partial charge in [-0.3, -0.25) is 0 Å². The lowest BCUT2D eigenvalue weighted by atomic mass is 10.2. The highest BCUT2D eigenvalue weighted by molar-refractivity contribution is 7.21. The maximum Gasteiger partial charge on any atom is 0.139 e. The Morgan fingerprint density at radius 2 is 2.05 bits per heavy atom. The van der Waals surface area contributed by atoms with Crippen LogP contribution < -0.4 is 10.5 Å². The van der Waals surface area contributed by atoms with Gasteiger partial charge >= 0.3 is 0 Å². The van der Waals surface area contributed by atoms with Gasteiger partial charge in [-0.2, -0.15) is 0 Å². The van der Waals surface area contributed by atoms with E-state index in [2.05, 4.69) is 4.98 Å². The van der Waals surface area contributed by atoms with E-state index in [4.69, 9.17) is 10.5 Å². The Labute approximate surface area is 131 Å². The van der Waals surface area contributed by atoms with Crippen LogP contribution in [0, 0.1) is 0 Å². The highest BCUT2D eigenvalue weighted by Gasteiger charge is 2.07. The monoisotopic (exact) mass is 314 g/mol. The van der Waals surface area contributed by atoms with E-state index in [0.29, 0.717) is 5.75 Å². The predicted molar refractivity (Wildman–Crippen MR) is 88.8 cm³/mol. The summed E-state index contributed by atoms with van der Waals surface area (Å²) >= 11 is 1.62. The predicted octanol–water partition coefficient (Wildman–Crippen LogP) is 4.15. The van der Waals surface area contributed by atoms with Gasteiger partial charge in [0, 0.05) is 18.2 Å². The van der Waals surface area contributed by atoms with Crippen LogP contribution in [0.15, 0.2) is 60.4 Å². The third kappa shape index (κ3) is 3.32. The van der Waals surface area contributed by atoms with E-state index in [9.17, 15) is 4.39 Å². The first-order valence-electron chi connectivity index (χ1n) is 6.89. The zero-order valence-electron chi connectivity index (χ0n) is 11.8. The lowest BCUT2D eigenvalue weighted by Crippen LogP contribution is -2.01. The van der Waals surface area contributed by atoms with Crippen molar-refractivity contribution < 1.29 is 9.13 Å². The van der Waals surface area contributed by atoms with Crippen LogP contribution in [-0.4, -0.2) is 18.1 Å². The number of aromatic nitrogens is 1. The Hall–Kier alpha value is -2.24. The summed E-state index contributed by atoms with van der Waals surface area (Å²) < 4.78 is 19.8. The summed E-state index contributed by atoms with van der Waals surface area (Å²) in [6.07, 6.45) is 1.30. The second kappa shape index (κ2) is 6.68. The highest BCUT2D eigenvalue weighted by atomic mass is 32.1. The molecule has 0 atom stereocenters. The van der Waals surface area contributed by atoms with E-state index in [0.717, 1.165) is 20.8 Å². The molecule has 2 N–H and O–H groups in total. The SMILES string of the molecule is NC/C=C(\F)COc1ccc2sc(-c3ccccc3)nc2c1. The fraction of sp³-hybridized carbons (Fsp3) is 0.118. The van der Waals surface area contributed by atoms with Crippen LogP contribution in [0.2, 0.25) is 0 Å². The maximum absolute atomic E-state index is 13.3. The molecule has 1 heterocycles. The van der Waals surface area contributed by atoms with Crippen molar-refractivity contribution >= 4 is 21.6 Å². The molecule has 5 heteroatoms. The number of thiazole rings is 1. The van der Waals surface area contributed by atoms with Gasteiger partial charge in [0.2, 0.25) is 0 Å². The molecule has 0 amide bonds. The van der Waals surface area contributed by atoms with Gasteiger partial charge < -0.3 is 10.5 Å². The van der Waals surface area contributed by atoms with Crippen LogP contribution >= 0.6 is 11.3 Å². The van der Waals surface area contributed by atoms with Gasteiger partial charge in [-0.25, -0.2) is 9.37 Å². The molecule has 22 heavy (non-hydrogen) atoms. The van der Waals surface area contributed by atoms with E-state index in [1.807, 2.05) is 48.5 Å². The normalized spacial score (nSPS) is 11.8. The molecule has 0 saturated carbocycles. The lowest BCUT2D eigenvalue weighted by molar-refractivity contribution is 0.318. The summed E-state index contributed by atoms with van der Waals surface area (Å²) in [5, 5.41) is 0.960. The molecule has 112 valence electrons. The number of hydrogen-bond acceptors (Lipinski definition) is 4. The minimum Gasteiger partial charge on any atom is -0.486 e. The zero-order chi connectivity index (χ0) is 15.4. The number of hydrogen-bond donors (Lipinski definition) is 1. The second-order valence-electron chi connectivity index (χ2n) is 4.69. The van der Waals surface area contributed by atoms with E-state index in [1.54, 1.807) is 11.3 Å². The third-order valence-electron chi connectivity index (χ3n) is 3.10. The summed E-state index contributed by atoms with van der Waals surface area (Å²) in [5.41, 5.74) is 7.19. The minimum absolute atomic E-state index is 0.113. The van der Waals surface area contributed by atoms with Crippen molar-refractivity contribution in [1.29, 1.82) is 0 Å². The van der Waals surface area contributed by atoms with Gasteiger partial charge in [-0.15, -0.1) is 11.3 Å². The summed E-state index contributed by atoms with van der Waals surface area (Å²) in [7, 11) is 0. The molecular weight excluding hydrogens is 299 g/mol. The topological polar surface area (TPSA) is 48.1 Å². The van der Waals surface area contributed by atoms with Gasteiger partial charge in [-0.1, -0.05) is 30.3 Å². The van der Waals surface area contributed by atoms with E-state index >= 15 is 0 Å². The summed E-state index contributed by atoms with van der Waals surface area (Å²) in [6.45, 7) is 0.0547. The van der Waals surface area contributed by atoms with Crippen molar-refractivity contribution in [1.82, 2.24) is 4.98 Å². The lowest BCUT2D eigenvalue weighted by Gasteiger charge is -2.03. The largest absolute Gasteiger partial charge is 0.486 e. The van der Waals surface area contributed by atoms with Crippen LogP contribution in [0.3, 0.4) is 0 Å². The minimum atomic E-state index is -0.370. The smallest absolute Gasteiger partial charge is 0.139 e. The summed E-state index contributed by atoms with van der Waals surface area (Å²) in [4.78, 5) is 4.62. The molecular formula is C17H15FN2OS. The van der Waals surface area contributed by atoms with Gasteiger partial charge in [0.05, 0.1) is 10.2 Å². The van der Waals surface area contributed by atoms with Crippen molar-refractivity contribution in [3.05, 3.63) is 60.4 Å². The molecule has 0 spiro atoms. The highest BCUT2D eigenvalue weighted by Crippen LogP contribution is 2.32. The molecule has 0 aliphatic rings. The van der Waals surface area contributed by atoms with E-state index in [1.165, 1.54) is 6.08 Å². The Bertz CT molecular complexity index is 799. The molecule has 0 unspecified atom stereocenters. The van der Waals surface area contributed by atoms with Crippen LogP contribution in [0.4, 0.5) is 4.39 Å². The Kier molecular flexibility index (Phi) is 4.46. The number of ether oxygens (including phenoxy) is 1. The van der Waals surface area contributed by atoms with Crippen LogP contribution in [0.1, 0.15) is 0 Å². The summed E-state index contributed by atoms with van der Waals surface area (Å²) in [5.74, 6) is 0.226. The number of rotatable bonds is 5. The van der Waals surface area contributed by atoms with Gasteiger partial charge in [0.1, 0.15) is 23.2 Å². The molecule has 3 aromatic rings. The van der Waals surface area contributed by atoms with Crippen LogP contribution in [-0.2, 0) is 0 Å². The fourth-order valence-corrected chi connectivity index (χ4v) is 2.99. The zero-order valence-corrected chi connectivity index (χ0v) is 12.6. The first-order valence-corrected chi connectivity index (χ1v) is 7.71. The molecule has 1 aromatic heterocycles. The molecule has 2 aromatic carbocycles. The number of benzene rings is 2. The third-order valence-corrected chi connectivity index (χ3v) is 4.18. The van der Waals surface area contributed by atoms with Gasteiger partial charge in [0.25, 0.3) is 0 Å². The van der Waals surface area contributed by atoms with Crippen molar-refractivity contribution in [3.8, 4) is 16.3 Å². The number of nitrogens with zero attached hydrogens (tertiary/aromatic N) is 1. The fourth-order valence-electron chi connectivity index (χ4n) is 2.04. The van der Waals surface area contributed by atoms with Gasteiger partial charge in [0.15, 0.2) is 0 Å². The van der Waals surface area contributed by atoms with Crippen LogP contribution in [0.5, 0.6) is 5.75 Å². The maximum atomic E-state index is 13.3. The molecule has 3 rings (SSSR count). The number of nitrogens with two attached hydrogens (primary N) is 1. The van der Waals surface area contributed by atoms with Gasteiger partial charge in [-0.05, 0) is 18.2 Å². The number of halogens is 1. The van der Waals surface area contributed by atoms with E-state index < -0.39 is 0 Å². The molecule has 0 saturated heterocycles. The van der Waals surface area contributed by atoms with E-state index in [-0.39, 0.29) is 19.0 Å². The average molecular weight is 314 g/mol. The molecule has 3 nitrogen and oxygen atoms in total. The molecule has 0 fully saturated rings. The quantitative estimate of drug-likeness (QED) is 0.769. The molecule has 0 aliphatic carbocycles. The Balaban J connectivity index is 1.83. The molecule has 0 bridgehead atoms.